The van der Waals surface area contributed by atoms with Crippen molar-refractivity contribution in [1.29, 1.82) is 0 Å². The fourth-order valence-electron chi connectivity index (χ4n) is 1.20. The van der Waals surface area contributed by atoms with E-state index in [1.807, 2.05) is 12.1 Å². The van der Waals surface area contributed by atoms with Gasteiger partial charge in [0.15, 0.2) is 5.12 Å². The summed E-state index contributed by atoms with van der Waals surface area (Å²) in [5.74, 6) is 1.01. The molecule has 0 atom stereocenters. The molecule has 1 aromatic rings. The summed E-state index contributed by atoms with van der Waals surface area (Å²) in [5.41, 5.74) is 1.13. The molecule has 0 aliphatic heterocycles. The first-order chi connectivity index (χ1) is 7.58. The van der Waals surface area contributed by atoms with Gasteiger partial charge in [-0.1, -0.05) is 23.9 Å². The average molecular weight is 238 g/mol. The number of ether oxygens (including phenoxy) is 1. The van der Waals surface area contributed by atoms with Crippen LogP contribution in [0.4, 0.5) is 0 Å². The van der Waals surface area contributed by atoms with Gasteiger partial charge in [-0.15, -0.1) is 0 Å². The van der Waals surface area contributed by atoms with Crippen LogP contribution in [0.15, 0.2) is 24.3 Å². The van der Waals surface area contributed by atoms with Crippen molar-refractivity contribution in [2.75, 3.05) is 5.75 Å². The summed E-state index contributed by atoms with van der Waals surface area (Å²) in [5, 5.41) is 0.136. The van der Waals surface area contributed by atoms with Crippen LogP contribution in [0.3, 0.4) is 0 Å². The van der Waals surface area contributed by atoms with Gasteiger partial charge in [0.05, 0.1) is 0 Å². The van der Waals surface area contributed by atoms with Gasteiger partial charge in [-0.25, -0.2) is 0 Å². The minimum Gasteiger partial charge on any atom is -0.427 e. The minimum absolute atomic E-state index is 0.136. The third-order valence-electron chi connectivity index (χ3n) is 1.88. The Morgan fingerprint density at radius 2 is 1.81 bits per heavy atom. The third kappa shape index (κ3) is 4.98. The van der Waals surface area contributed by atoms with Crippen LogP contribution in [-0.4, -0.2) is 16.8 Å². The molecule has 0 aliphatic carbocycles. The zero-order chi connectivity index (χ0) is 12.0. The van der Waals surface area contributed by atoms with Gasteiger partial charge in [0.2, 0.25) is 0 Å². The lowest BCUT2D eigenvalue weighted by Gasteiger charge is -2.03. The standard InChI is InChI=1S/C12H14O3S/c1-9(13)15-12-5-3-11(4-6-12)7-8-16-10(2)14/h3-6H,7-8H2,1-2H3. The van der Waals surface area contributed by atoms with Crippen molar-refractivity contribution < 1.29 is 14.3 Å². The summed E-state index contributed by atoms with van der Waals surface area (Å²) in [6.07, 6.45) is 0.838. The van der Waals surface area contributed by atoms with Crippen LogP contribution in [0.25, 0.3) is 0 Å². The molecule has 0 N–H and O–H groups in total. The van der Waals surface area contributed by atoms with Crippen molar-refractivity contribution in [2.24, 2.45) is 0 Å². The molecule has 16 heavy (non-hydrogen) atoms. The fraction of sp³-hybridized carbons (Fsp3) is 0.333. The Bertz CT molecular complexity index is 370. The van der Waals surface area contributed by atoms with Gasteiger partial charge in [-0.3, -0.25) is 9.59 Å². The van der Waals surface area contributed by atoms with Crippen molar-refractivity contribution in [3.8, 4) is 5.75 Å². The fourth-order valence-corrected chi connectivity index (χ4v) is 1.83. The van der Waals surface area contributed by atoms with Gasteiger partial charge in [0, 0.05) is 19.6 Å². The molecule has 0 heterocycles. The normalized spacial score (nSPS) is 9.88. The Labute approximate surface area is 99.2 Å². The highest BCUT2D eigenvalue weighted by atomic mass is 32.2. The second-order valence-corrected chi connectivity index (χ2v) is 4.60. The molecule has 0 radical (unpaired) electrons. The first-order valence-electron chi connectivity index (χ1n) is 4.98. The Balaban J connectivity index is 2.45. The van der Waals surface area contributed by atoms with Gasteiger partial charge in [-0.2, -0.15) is 0 Å². The summed E-state index contributed by atoms with van der Waals surface area (Å²) in [4.78, 5) is 21.4. The molecular weight excluding hydrogens is 224 g/mol. The highest BCUT2D eigenvalue weighted by Crippen LogP contribution is 2.14. The van der Waals surface area contributed by atoms with E-state index in [2.05, 4.69) is 0 Å². The van der Waals surface area contributed by atoms with Gasteiger partial charge in [-0.05, 0) is 24.1 Å². The quantitative estimate of drug-likeness (QED) is 0.597. The number of carbonyl (C=O) groups excluding carboxylic acids is 2. The molecule has 0 fully saturated rings. The molecular formula is C12H14O3S. The van der Waals surface area contributed by atoms with Crippen LogP contribution in [-0.2, 0) is 16.0 Å². The van der Waals surface area contributed by atoms with Crippen molar-refractivity contribution in [3.05, 3.63) is 29.8 Å². The lowest BCUT2D eigenvalue weighted by molar-refractivity contribution is -0.131. The molecule has 0 aliphatic rings. The summed E-state index contributed by atoms with van der Waals surface area (Å²) in [6, 6.07) is 7.32. The lowest BCUT2D eigenvalue weighted by atomic mass is 10.2. The molecule has 0 amide bonds. The maximum absolute atomic E-state index is 10.7. The maximum atomic E-state index is 10.7. The summed E-state index contributed by atoms with van der Waals surface area (Å²) >= 11 is 1.32. The Morgan fingerprint density at radius 1 is 1.19 bits per heavy atom. The summed E-state index contributed by atoms with van der Waals surface area (Å²) in [7, 11) is 0. The van der Waals surface area contributed by atoms with Crippen LogP contribution in [0, 0.1) is 0 Å². The van der Waals surface area contributed by atoms with Crippen LogP contribution >= 0.6 is 11.8 Å². The van der Waals surface area contributed by atoms with Crippen LogP contribution in [0.1, 0.15) is 19.4 Å². The van der Waals surface area contributed by atoms with Crippen LogP contribution < -0.4 is 4.74 Å². The molecule has 1 rings (SSSR count). The number of benzene rings is 1. The van der Waals surface area contributed by atoms with E-state index < -0.39 is 0 Å². The molecule has 0 aromatic heterocycles. The third-order valence-corrected chi connectivity index (χ3v) is 2.70. The van der Waals surface area contributed by atoms with E-state index >= 15 is 0 Å². The minimum atomic E-state index is -0.320. The molecule has 0 spiro atoms. The topological polar surface area (TPSA) is 43.4 Å². The number of thioether (sulfide) groups is 1. The van der Waals surface area contributed by atoms with E-state index in [1.54, 1.807) is 19.1 Å². The number of hydrogen-bond donors (Lipinski definition) is 0. The molecule has 1 aromatic carbocycles. The van der Waals surface area contributed by atoms with Gasteiger partial charge in [0.1, 0.15) is 5.75 Å². The second kappa shape index (κ2) is 6.33. The van der Waals surface area contributed by atoms with Crippen molar-refractivity contribution in [2.45, 2.75) is 20.3 Å². The SMILES string of the molecule is CC(=O)Oc1ccc(CCSC(C)=O)cc1. The van der Waals surface area contributed by atoms with Crippen LogP contribution in [0.5, 0.6) is 5.75 Å². The molecule has 0 saturated heterocycles. The van der Waals surface area contributed by atoms with Crippen molar-refractivity contribution in [3.63, 3.8) is 0 Å². The largest absolute Gasteiger partial charge is 0.427 e. The van der Waals surface area contributed by atoms with Crippen LogP contribution in [0.2, 0.25) is 0 Å². The Kier molecular flexibility index (Phi) is 5.05. The predicted octanol–water partition coefficient (Wildman–Crippen LogP) is 2.43. The lowest BCUT2D eigenvalue weighted by Crippen LogP contribution is -2.01. The smallest absolute Gasteiger partial charge is 0.308 e. The van der Waals surface area contributed by atoms with Gasteiger partial charge < -0.3 is 4.74 Å². The van der Waals surface area contributed by atoms with E-state index in [9.17, 15) is 9.59 Å². The summed E-state index contributed by atoms with van der Waals surface area (Å²) < 4.78 is 4.91. The number of rotatable bonds is 4. The second-order valence-electron chi connectivity index (χ2n) is 3.33. The van der Waals surface area contributed by atoms with Gasteiger partial charge >= 0.3 is 5.97 Å². The molecule has 0 bridgehead atoms. The number of hydrogen-bond acceptors (Lipinski definition) is 4. The van der Waals surface area contributed by atoms with E-state index in [4.69, 9.17) is 4.74 Å². The first-order valence-corrected chi connectivity index (χ1v) is 5.97. The van der Waals surface area contributed by atoms with E-state index in [0.717, 1.165) is 17.7 Å². The summed E-state index contributed by atoms with van der Waals surface area (Å²) in [6.45, 7) is 2.94. The maximum Gasteiger partial charge on any atom is 0.308 e. The zero-order valence-electron chi connectivity index (χ0n) is 9.36. The van der Waals surface area contributed by atoms with Crippen molar-refractivity contribution >= 4 is 22.8 Å². The van der Waals surface area contributed by atoms with E-state index in [-0.39, 0.29) is 11.1 Å². The molecule has 3 nitrogen and oxygen atoms in total. The van der Waals surface area contributed by atoms with Crippen molar-refractivity contribution in [1.82, 2.24) is 0 Å². The highest BCUT2D eigenvalue weighted by molar-refractivity contribution is 8.13. The Hall–Kier alpha value is -1.29. The zero-order valence-corrected chi connectivity index (χ0v) is 10.2. The average Bonchev–Trinajstić information content (AvgIpc) is 2.19. The molecule has 86 valence electrons. The first kappa shape index (κ1) is 12.8. The Morgan fingerprint density at radius 3 is 2.31 bits per heavy atom. The van der Waals surface area contributed by atoms with E-state index in [0.29, 0.717) is 5.75 Å². The monoisotopic (exact) mass is 238 g/mol. The number of carbonyl (C=O) groups is 2. The van der Waals surface area contributed by atoms with Gasteiger partial charge in [0.25, 0.3) is 0 Å². The highest BCUT2D eigenvalue weighted by Gasteiger charge is 1.99. The predicted molar refractivity (Wildman–Crippen MR) is 64.6 cm³/mol. The number of aryl methyl sites for hydroxylation is 1. The molecule has 0 saturated carbocycles. The molecule has 4 heteroatoms. The molecule has 0 unspecified atom stereocenters. The number of esters is 1. The van der Waals surface area contributed by atoms with E-state index in [1.165, 1.54) is 18.7 Å².